The van der Waals surface area contributed by atoms with Gasteiger partial charge in [0, 0.05) is 18.0 Å². The van der Waals surface area contributed by atoms with E-state index in [0.29, 0.717) is 35.2 Å². The number of hydrogen-bond acceptors (Lipinski definition) is 4. The molecule has 3 atom stereocenters. The number of rotatable bonds is 6. The molecule has 5 rings (SSSR count). The lowest BCUT2D eigenvalue weighted by molar-refractivity contribution is -0.116. The predicted molar refractivity (Wildman–Crippen MR) is 131 cm³/mol. The van der Waals surface area contributed by atoms with Crippen LogP contribution in [0.5, 0.6) is 11.5 Å². The van der Waals surface area contributed by atoms with Gasteiger partial charge in [0.25, 0.3) is 0 Å². The number of carbonyl (C=O) groups excluding carboxylic acids is 2. The normalized spacial score (nSPS) is 24.4. The lowest BCUT2D eigenvalue weighted by Crippen LogP contribution is -2.34. The molecular formula is C27H25ClN2O4. The molecule has 0 spiro atoms. The molecule has 3 aliphatic rings. The SMILES string of the molecule is CCN1C(=O)OCC1Cc1ccc(Oc2ccc(/C=C3/C(=O)NC4C=CC=CC34)c(Cl)c2)cc1. The van der Waals surface area contributed by atoms with Crippen LogP contribution in [-0.2, 0) is 16.0 Å². The van der Waals surface area contributed by atoms with Gasteiger partial charge in [0.05, 0.1) is 17.1 Å². The maximum Gasteiger partial charge on any atom is 0.410 e. The molecule has 2 aromatic rings. The van der Waals surface area contributed by atoms with Crippen LogP contribution in [0.3, 0.4) is 0 Å². The van der Waals surface area contributed by atoms with Crippen LogP contribution >= 0.6 is 11.6 Å². The van der Waals surface area contributed by atoms with Crippen LogP contribution in [0, 0.1) is 5.92 Å². The number of halogens is 1. The Morgan fingerprint density at radius 1 is 1.12 bits per heavy atom. The third-order valence-electron chi connectivity index (χ3n) is 6.38. The number of nitrogens with one attached hydrogen (secondary N) is 1. The molecule has 0 radical (unpaired) electrons. The number of hydrogen-bond donors (Lipinski definition) is 1. The number of benzene rings is 2. The highest BCUT2D eigenvalue weighted by molar-refractivity contribution is 6.32. The summed E-state index contributed by atoms with van der Waals surface area (Å²) < 4.78 is 11.1. The van der Waals surface area contributed by atoms with Crippen LogP contribution in [0.15, 0.2) is 72.3 Å². The third kappa shape index (κ3) is 4.46. The highest BCUT2D eigenvalue weighted by Crippen LogP contribution is 2.33. The van der Waals surface area contributed by atoms with Crippen molar-refractivity contribution < 1.29 is 19.1 Å². The van der Waals surface area contributed by atoms with E-state index in [1.165, 1.54) is 0 Å². The molecule has 0 bridgehead atoms. The molecule has 2 heterocycles. The van der Waals surface area contributed by atoms with Gasteiger partial charge < -0.3 is 19.7 Å². The Morgan fingerprint density at radius 2 is 1.88 bits per heavy atom. The summed E-state index contributed by atoms with van der Waals surface area (Å²) in [5.41, 5.74) is 2.58. The molecule has 6 nitrogen and oxygen atoms in total. The molecule has 2 aromatic carbocycles. The Bertz CT molecular complexity index is 1200. The lowest BCUT2D eigenvalue weighted by Gasteiger charge is -2.19. The molecule has 2 fully saturated rings. The van der Waals surface area contributed by atoms with E-state index in [2.05, 4.69) is 5.32 Å². The van der Waals surface area contributed by atoms with Crippen molar-refractivity contribution in [3.8, 4) is 11.5 Å². The van der Waals surface area contributed by atoms with Gasteiger partial charge in [-0.1, -0.05) is 48.0 Å². The van der Waals surface area contributed by atoms with E-state index < -0.39 is 0 Å². The summed E-state index contributed by atoms with van der Waals surface area (Å²) in [6, 6.07) is 13.3. The van der Waals surface area contributed by atoms with Crippen molar-refractivity contribution in [1.29, 1.82) is 0 Å². The Hall–Kier alpha value is -3.51. The number of likely N-dealkylation sites (N-methyl/N-ethyl adjacent to an activating group) is 1. The molecule has 34 heavy (non-hydrogen) atoms. The molecule has 2 aliphatic heterocycles. The standard InChI is InChI=1S/C27H25ClN2O4/c1-2-30-19(16-33-27(30)32)13-17-7-10-20(11-8-17)34-21-12-9-18(24(28)15-21)14-23-22-5-3-4-6-25(22)29-26(23)31/h3-12,14-15,19,22,25H,2,13,16H2,1H3,(H,29,31)/b23-14+. The molecule has 0 aromatic heterocycles. The van der Waals surface area contributed by atoms with Gasteiger partial charge in [-0.25, -0.2) is 4.79 Å². The molecule has 2 amide bonds. The second-order valence-corrected chi connectivity index (χ2v) is 8.95. The second kappa shape index (κ2) is 9.39. The molecule has 1 N–H and O–H groups in total. The van der Waals surface area contributed by atoms with E-state index >= 15 is 0 Å². The number of carbonyl (C=O) groups is 2. The summed E-state index contributed by atoms with van der Waals surface area (Å²) in [6.07, 6.45) is 10.3. The van der Waals surface area contributed by atoms with Gasteiger partial charge in [-0.05, 0) is 60.9 Å². The first-order valence-electron chi connectivity index (χ1n) is 11.4. The van der Waals surface area contributed by atoms with Gasteiger partial charge in [-0.3, -0.25) is 4.79 Å². The fourth-order valence-corrected chi connectivity index (χ4v) is 4.82. The van der Waals surface area contributed by atoms with Crippen molar-refractivity contribution in [2.24, 2.45) is 5.92 Å². The average molecular weight is 477 g/mol. The van der Waals surface area contributed by atoms with E-state index in [9.17, 15) is 9.59 Å². The number of nitrogens with zero attached hydrogens (tertiary/aromatic N) is 1. The van der Waals surface area contributed by atoms with Crippen LogP contribution in [0.4, 0.5) is 4.79 Å². The van der Waals surface area contributed by atoms with Crippen LogP contribution in [0.1, 0.15) is 18.1 Å². The maximum absolute atomic E-state index is 12.4. The van der Waals surface area contributed by atoms with Crippen molar-refractivity contribution in [3.63, 3.8) is 0 Å². The van der Waals surface area contributed by atoms with Crippen molar-refractivity contribution in [2.45, 2.75) is 25.4 Å². The van der Waals surface area contributed by atoms with Crippen LogP contribution in [0.25, 0.3) is 6.08 Å². The van der Waals surface area contributed by atoms with E-state index in [0.717, 1.165) is 17.5 Å². The first-order chi connectivity index (χ1) is 16.5. The number of cyclic esters (lactones) is 1. The molecular weight excluding hydrogens is 452 g/mol. The lowest BCUT2D eigenvalue weighted by atomic mass is 9.91. The maximum atomic E-state index is 12.4. The fraction of sp³-hybridized carbons (Fsp3) is 0.259. The molecule has 7 heteroatoms. The second-order valence-electron chi connectivity index (χ2n) is 8.54. The monoisotopic (exact) mass is 476 g/mol. The molecule has 174 valence electrons. The highest BCUT2D eigenvalue weighted by Gasteiger charge is 2.35. The minimum Gasteiger partial charge on any atom is -0.457 e. The summed E-state index contributed by atoms with van der Waals surface area (Å²) in [5.74, 6) is 1.25. The largest absolute Gasteiger partial charge is 0.457 e. The van der Waals surface area contributed by atoms with E-state index in [1.807, 2.05) is 73.7 Å². The zero-order valence-corrected chi connectivity index (χ0v) is 19.5. The van der Waals surface area contributed by atoms with Crippen molar-refractivity contribution in [2.75, 3.05) is 13.2 Å². The number of ether oxygens (including phenoxy) is 2. The van der Waals surface area contributed by atoms with Crippen LogP contribution < -0.4 is 10.1 Å². The fourth-order valence-electron chi connectivity index (χ4n) is 4.59. The summed E-state index contributed by atoms with van der Waals surface area (Å²) in [6.45, 7) is 3.01. The van der Waals surface area contributed by atoms with Gasteiger partial charge >= 0.3 is 6.09 Å². The number of fused-ring (bicyclic) bond motifs is 1. The average Bonchev–Trinajstić information content (AvgIpc) is 3.35. The quantitative estimate of drug-likeness (QED) is 0.586. The minimum absolute atomic E-state index is 0.000155. The molecule has 1 aliphatic carbocycles. The van der Waals surface area contributed by atoms with Crippen molar-refractivity contribution >= 4 is 29.7 Å². The Morgan fingerprint density at radius 3 is 2.65 bits per heavy atom. The molecule has 3 unspecified atom stereocenters. The zero-order valence-electron chi connectivity index (χ0n) is 18.7. The van der Waals surface area contributed by atoms with Crippen molar-refractivity contribution in [1.82, 2.24) is 10.2 Å². The van der Waals surface area contributed by atoms with Gasteiger partial charge in [0.15, 0.2) is 0 Å². The zero-order chi connectivity index (χ0) is 23.7. The summed E-state index contributed by atoms with van der Waals surface area (Å²) in [7, 11) is 0. The Kier molecular flexibility index (Phi) is 6.16. The van der Waals surface area contributed by atoms with E-state index in [4.69, 9.17) is 21.1 Å². The first kappa shape index (κ1) is 22.3. The number of allylic oxidation sites excluding steroid dienone is 2. The summed E-state index contributed by atoms with van der Waals surface area (Å²) in [5, 5.41) is 3.50. The van der Waals surface area contributed by atoms with Gasteiger partial charge in [0.2, 0.25) is 5.91 Å². The van der Waals surface area contributed by atoms with Crippen LogP contribution in [-0.4, -0.2) is 42.1 Å². The smallest absolute Gasteiger partial charge is 0.410 e. The van der Waals surface area contributed by atoms with Gasteiger partial charge in [0.1, 0.15) is 18.1 Å². The molecule has 0 saturated carbocycles. The van der Waals surface area contributed by atoms with Crippen LogP contribution in [0.2, 0.25) is 5.02 Å². The van der Waals surface area contributed by atoms with Gasteiger partial charge in [-0.2, -0.15) is 0 Å². The summed E-state index contributed by atoms with van der Waals surface area (Å²) >= 11 is 6.52. The Labute approximate surface area is 203 Å². The highest BCUT2D eigenvalue weighted by atomic mass is 35.5. The van der Waals surface area contributed by atoms with E-state index in [1.54, 1.807) is 11.0 Å². The van der Waals surface area contributed by atoms with Gasteiger partial charge in [-0.15, -0.1) is 0 Å². The predicted octanol–water partition coefficient (Wildman–Crippen LogP) is 5.14. The molecule has 2 saturated heterocycles. The minimum atomic E-state index is -0.246. The topological polar surface area (TPSA) is 67.9 Å². The third-order valence-corrected chi connectivity index (χ3v) is 6.71. The van der Waals surface area contributed by atoms with E-state index in [-0.39, 0.29) is 30.0 Å². The number of amides is 2. The van der Waals surface area contributed by atoms with Crippen molar-refractivity contribution in [3.05, 3.63) is 88.5 Å². The first-order valence-corrected chi connectivity index (χ1v) is 11.8. The summed E-state index contributed by atoms with van der Waals surface area (Å²) in [4.78, 5) is 25.9. The Balaban J connectivity index is 1.26.